The number of halogens is 3. The lowest BCUT2D eigenvalue weighted by atomic mass is 9.98. The molecule has 1 unspecified atom stereocenters. The van der Waals surface area contributed by atoms with Crippen molar-refractivity contribution < 1.29 is 19.8 Å². The summed E-state index contributed by atoms with van der Waals surface area (Å²) in [5, 5.41) is 28.7. The van der Waals surface area contributed by atoms with Crippen molar-refractivity contribution in [3.63, 3.8) is 0 Å². The molecule has 2 aromatic rings. The Morgan fingerprint density at radius 2 is 1.82 bits per heavy atom. The lowest BCUT2D eigenvalue weighted by Gasteiger charge is -2.54. The van der Waals surface area contributed by atoms with Gasteiger partial charge in [-0.15, -0.1) is 48.6 Å². The summed E-state index contributed by atoms with van der Waals surface area (Å²) in [5.74, 6) is 3.32. The quantitative estimate of drug-likeness (QED) is 0.256. The van der Waals surface area contributed by atoms with Crippen LogP contribution in [0, 0.1) is 0 Å². The van der Waals surface area contributed by atoms with Crippen LogP contribution in [-0.2, 0) is 9.59 Å². The minimum absolute atomic E-state index is 0. The number of aromatic nitrogens is 1. The molecule has 188 valence electrons. The van der Waals surface area contributed by atoms with Crippen molar-refractivity contribution in [1.29, 1.82) is 0 Å². The van der Waals surface area contributed by atoms with Gasteiger partial charge in [0.05, 0.1) is 18.3 Å². The second-order valence-corrected chi connectivity index (χ2v) is 8.38. The summed E-state index contributed by atoms with van der Waals surface area (Å²) in [7, 11) is 0. The SMILES string of the molecule is Cl.Cl.Cl.N/N=C/c1ccc(-c2csc(N(CCC(=O)O)N3C4CCN(CC4)C3C(=O)O)n2)cc1. The van der Waals surface area contributed by atoms with Gasteiger partial charge in [-0.05, 0) is 18.4 Å². The molecule has 3 fully saturated rings. The van der Waals surface area contributed by atoms with E-state index < -0.39 is 18.1 Å². The zero-order chi connectivity index (χ0) is 22.0. The number of piperidine rings is 1. The van der Waals surface area contributed by atoms with E-state index in [2.05, 4.69) is 5.10 Å². The Morgan fingerprint density at radius 1 is 1.18 bits per heavy atom. The number of hydrazine groups is 1. The number of hydrazone groups is 1. The van der Waals surface area contributed by atoms with Gasteiger partial charge in [0.15, 0.2) is 6.17 Å². The van der Waals surface area contributed by atoms with E-state index in [4.69, 9.17) is 10.8 Å². The third-order valence-corrected chi connectivity index (χ3v) is 6.50. The summed E-state index contributed by atoms with van der Waals surface area (Å²) in [6.45, 7) is 1.61. The number of aliphatic carboxylic acids is 2. The molecule has 1 aromatic carbocycles. The number of nitrogens with zero attached hydrogens (tertiary/aromatic N) is 5. The summed E-state index contributed by atoms with van der Waals surface area (Å²) in [5.41, 5.74) is 2.51. The molecule has 1 atom stereocenters. The Hall–Kier alpha value is -2.15. The highest BCUT2D eigenvalue weighted by Crippen LogP contribution is 2.35. The highest BCUT2D eigenvalue weighted by atomic mass is 35.5. The molecular weight excluding hydrogens is 527 g/mol. The van der Waals surface area contributed by atoms with E-state index in [9.17, 15) is 19.8 Å². The van der Waals surface area contributed by atoms with E-state index in [0.717, 1.165) is 42.8 Å². The summed E-state index contributed by atoms with van der Waals surface area (Å²) in [6.07, 6.45) is 2.31. The Balaban J connectivity index is 0.00000193. The first-order chi connectivity index (χ1) is 15.0. The van der Waals surface area contributed by atoms with Crippen LogP contribution in [0.25, 0.3) is 11.3 Å². The zero-order valence-corrected chi connectivity index (χ0v) is 21.3. The number of nitrogens with two attached hydrogens (primary N) is 1. The molecule has 4 heterocycles. The Labute approximate surface area is 219 Å². The van der Waals surface area contributed by atoms with Gasteiger partial charge in [0.2, 0.25) is 5.13 Å². The molecule has 14 heteroatoms. The van der Waals surface area contributed by atoms with E-state index in [1.807, 2.05) is 39.6 Å². The first-order valence-electron chi connectivity index (χ1n) is 10.0. The number of rotatable bonds is 8. The monoisotopic (exact) mass is 552 g/mol. The molecule has 0 spiro atoms. The van der Waals surface area contributed by atoms with E-state index in [1.54, 1.807) is 11.2 Å². The zero-order valence-electron chi connectivity index (χ0n) is 18.0. The number of carboxylic acids is 2. The van der Waals surface area contributed by atoms with E-state index in [1.165, 1.54) is 11.3 Å². The average Bonchev–Trinajstić information content (AvgIpc) is 3.25. The summed E-state index contributed by atoms with van der Waals surface area (Å²) >= 11 is 1.38. The Bertz CT molecular complexity index is 985. The third-order valence-electron chi connectivity index (χ3n) is 5.65. The molecule has 0 radical (unpaired) electrons. The van der Waals surface area contributed by atoms with Gasteiger partial charge in [-0.2, -0.15) is 10.1 Å². The maximum Gasteiger partial charge on any atom is 0.337 e. The lowest BCUT2D eigenvalue weighted by Crippen LogP contribution is -2.70. The van der Waals surface area contributed by atoms with Crippen molar-refractivity contribution in [3.05, 3.63) is 35.2 Å². The Morgan fingerprint density at radius 3 is 2.38 bits per heavy atom. The maximum atomic E-state index is 12.1. The topological polar surface area (TPSA) is 136 Å². The van der Waals surface area contributed by atoms with Gasteiger partial charge < -0.3 is 16.1 Å². The number of fused-ring (bicyclic) bond motifs is 3. The standard InChI is InChI=1S/C20H24N6O4S.3ClH/c21-22-11-13-1-3-14(4-2-13)16-12-31-20(23-16)25(10-7-17(27)28)26-15-5-8-24(9-6-15)18(26)19(29)30;;;/h1-4,11-12,15,18H,5-10,21H2,(H,27,28)(H,29,30);3*1H/b22-11+;;;. The lowest BCUT2D eigenvalue weighted by molar-refractivity contribution is -0.166. The molecule has 10 nitrogen and oxygen atoms in total. The Kier molecular flexibility index (Phi) is 11.5. The molecular formula is C20H27Cl3N6O4S. The van der Waals surface area contributed by atoms with Crippen LogP contribution in [0.5, 0.6) is 0 Å². The number of carbonyl (C=O) groups is 2. The van der Waals surface area contributed by atoms with Crippen LogP contribution in [0.2, 0.25) is 0 Å². The van der Waals surface area contributed by atoms with Gasteiger partial charge in [-0.25, -0.2) is 9.78 Å². The van der Waals surface area contributed by atoms with Gasteiger partial charge in [-0.3, -0.25) is 14.7 Å². The van der Waals surface area contributed by atoms with Crippen LogP contribution < -0.4 is 10.9 Å². The predicted octanol–water partition coefficient (Wildman–Crippen LogP) is 2.75. The normalized spacial score (nSPS) is 21.2. The van der Waals surface area contributed by atoms with Gasteiger partial charge >= 0.3 is 11.9 Å². The second kappa shape index (κ2) is 13.1. The highest BCUT2D eigenvalue weighted by Gasteiger charge is 2.47. The fourth-order valence-electron chi connectivity index (χ4n) is 4.21. The van der Waals surface area contributed by atoms with Crippen molar-refractivity contribution >= 4 is 71.8 Å². The number of thiazole rings is 1. The van der Waals surface area contributed by atoms with E-state index in [0.29, 0.717) is 5.13 Å². The minimum atomic E-state index is -0.937. The molecule has 5 rings (SSSR count). The molecule has 3 aliphatic heterocycles. The van der Waals surface area contributed by atoms with Gasteiger partial charge in [0.25, 0.3) is 0 Å². The molecule has 3 saturated heterocycles. The van der Waals surface area contributed by atoms with Crippen molar-refractivity contribution in [2.75, 3.05) is 24.6 Å². The number of benzene rings is 1. The molecule has 3 aliphatic rings. The van der Waals surface area contributed by atoms with Crippen molar-refractivity contribution in [2.24, 2.45) is 10.9 Å². The van der Waals surface area contributed by atoms with Crippen LogP contribution >= 0.6 is 48.6 Å². The molecule has 0 amide bonds. The van der Waals surface area contributed by atoms with E-state index in [-0.39, 0.29) is 56.2 Å². The maximum absolute atomic E-state index is 12.1. The number of carboxylic acid groups (broad SMARTS) is 2. The number of hydrogen-bond acceptors (Lipinski definition) is 9. The van der Waals surface area contributed by atoms with Gasteiger partial charge in [-0.1, -0.05) is 24.3 Å². The number of anilines is 1. The van der Waals surface area contributed by atoms with Crippen LogP contribution in [0.15, 0.2) is 34.7 Å². The van der Waals surface area contributed by atoms with Crippen molar-refractivity contribution in [3.8, 4) is 11.3 Å². The van der Waals surface area contributed by atoms with Crippen LogP contribution in [-0.4, -0.2) is 75.1 Å². The molecule has 0 aliphatic carbocycles. The summed E-state index contributed by atoms with van der Waals surface area (Å²) < 4.78 is 0. The van der Waals surface area contributed by atoms with Crippen LogP contribution in [0.4, 0.5) is 5.13 Å². The minimum Gasteiger partial charge on any atom is -0.481 e. The van der Waals surface area contributed by atoms with Crippen LogP contribution in [0.3, 0.4) is 0 Å². The van der Waals surface area contributed by atoms with Crippen molar-refractivity contribution in [1.82, 2.24) is 14.9 Å². The first kappa shape index (κ1) is 29.9. The van der Waals surface area contributed by atoms with Gasteiger partial charge in [0.1, 0.15) is 0 Å². The molecule has 0 saturated carbocycles. The fourth-order valence-corrected chi connectivity index (χ4v) is 5.08. The molecule has 34 heavy (non-hydrogen) atoms. The van der Waals surface area contributed by atoms with E-state index >= 15 is 0 Å². The van der Waals surface area contributed by atoms with Crippen molar-refractivity contribution in [2.45, 2.75) is 31.5 Å². The number of hydrogen-bond donors (Lipinski definition) is 3. The predicted molar refractivity (Wildman–Crippen MR) is 139 cm³/mol. The van der Waals surface area contributed by atoms with Crippen LogP contribution in [0.1, 0.15) is 24.8 Å². The fraction of sp³-hybridized carbons (Fsp3) is 0.400. The molecule has 4 N–H and O–H groups in total. The average molecular weight is 554 g/mol. The first-order valence-corrected chi connectivity index (χ1v) is 10.9. The largest absolute Gasteiger partial charge is 0.481 e. The second-order valence-electron chi connectivity index (χ2n) is 7.54. The third kappa shape index (κ3) is 6.29. The highest BCUT2D eigenvalue weighted by molar-refractivity contribution is 7.14. The smallest absolute Gasteiger partial charge is 0.337 e. The van der Waals surface area contributed by atoms with Gasteiger partial charge in [0, 0.05) is 36.6 Å². The summed E-state index contributed by atoms with van der Waals surface area (Å²) in [6, 6.07) is 7.62. The molecule has 2 bridgehead atoms. The molecule has 1 aromatic heterocycles. The summed E-state index contributed by atoms with van der Waals surface area (Å²) in [4.78, 5) is 30.0.